The molecule has 200 valence electrons. The van der Waals surface area contributed by atoms with E-state index >= 15 is 0 Å². The van der Waals surface area contributed by atoms with Crippen LogP contribution in [0.3, 0.4) is 0 Å². The van der Waals surface area contributed by atoms with Crippen molar-refractivity contribution >= 4 is 54.5 Å². The molecular formula is C40H24N2O. The van der Waals surface area contributed by atoms with E-state index in [-0.39, 0.29) is 0 Å². The number of hydrogen-bond donors (Lipinski definition) is 0. The van der Waals surface area contributed by atoms with Gasteiger partial charge in [-0.3, -0.25) is 4.98 Å². The summed E-state index contributed by atoms with van der Waals surface area (Å²) in [6, 6.07) is 48.8. The average molecular weight is 549 g/mol. The van der Waals surface area contributed by atoms with Crippen LogP contribution in [0.25, 0.3) is 88.0 Å². The third-order valence-corrected chi connectivity index (χ3v) is 8.52. The maximum Gasteiger partial charge on any atom is 0.135 e. The van der Waals surface area contributed by atoms with Crippen LogP contribution in [0, 0.1) is 0 Å². The Balaban J connectivity index is 1.24. The lowest BCUT2D eigenvalue weighted by atomic mass is 9.95. The standard InChI is InChI=1S/C40H24N2O/c1-2-10-25(11-3-1)26-18-20-37-34(22-26)35-23-27(19-21-38(35)43-37)28-12-4-7-15-31(28)36-24-41-39-32-16-8-5-13-29(32)30-14-6-9-17-33(30)40(39)42-36/h1-24H. The third kappa shape index (κ3) is 3.75. The first kappa shape index (κ1) is 23.9. The number of hydrogen-bond acceptors (Lipinski definition) is 3. The van der Waals surface area contributed by atoms with Gasteiger partial charge in [0, 0.05) is 27.1 Å². The highest BCUT2D eigenvalue weighted by molar-refractivity contribution is 6.23. The van der Waals surface area contributed by atoms with Gasteiger partial charge in [0.25, 0.3) is 0 Å². The van der Waals surface area contributed by atoms with Crippen LogP contribution in [0.15, 0.2) is 150 Å². The summed E-state index contributed by atoms with van der Waals surface area (Å²) in [4.78, 5) is 10.3. The van der Waals surface area contributed by atoms with E-state index < -0.39 is 0 Å². The zero-order valence-electron chi connectivity index (χ0n) is 23.2. The number of furan rings is 1. The maximum absolute atomic E-state index is 6.25. The topological polar surface area (TPSA) is 38.9 Å². The van der Waals surface area contributed by atoms with E-state index in [1.54, 1.807) is 0 Å². The van der Waals surface area contributed by atoms with Crippen molar-refractivity contribution in [2.75, 3.05) is 0 Å². The van der Waals surface area contributed by atoms with Gasteiger partial charge < -0.3 is 4.42 Å². The lowest BCUT2D eigenvalue weighted by Crippen LogP contribution is -1.93. The Morgan fingerprint density at radius 3 is 1.67 bits per heavy atom. The van der Waals surface area contributed by atoms with Gasteiger partial charge in [-0.15, -0.1) is 0 Å². The first-order chi connectivity index (χ1) is 21.3. The second-order valence-electron chi connectivity index (χ2n) is 11.0. The summed E-state index contributed by atoms with van der Waals surface area (Å²) in [5.74, 6) is 0. The van der Waals surface area contributed by atoms with Crippen LogP contribution < -0.4 is 0 Å². The van der Waals surface area contributed by atoms with E-state index in [2.05, 4.69) is 133 Å². The van der Waals surface area contributed by atoms with Crippen molar-refractivity contribution in [3.63, 3.8) is 0 Å². The Morgan fingerprint density at radius 1 is 0.395 bits per heavy atom. The van der Waals surface area contributed by atoms with Crippen LogP contribution in [0.5, 0.6) is 0 Å². The molecule has 0 amide bonds. The number of benzene rings is 7. The fourth-order valence-electron chi connectivity index (χ4n) is 6.47. The van der Waals surface area contributed by atoms with Crippen LogP contribution in [0.4, 0.5) is 0 Å². The largest absolute Gasteiger partial charge is 0.456 e. The van der Waals surface area contributed by atoms with Gasteiger partial charge in [-0.1, -0.05) is 115 Å². The summed E-state index contributed by atoms with van der Waals surface area (Å²) in [6.45, 7) is 0. The fraction of sp³-hybridized carbons (Fsp3) is 0. The van der Waals surface area contributed by atoms with Crippen molar-refractivity contribution in [1.82, 2.24) is 9.97 Å². The van der Waals surface area contributed by atoms with Gasteiger partial charge in [-0.25, -0.2) is 4.98 Å². The predicted octanol–water partition coefficient (Wildman–Crippen LogP) is 10.8. The first-order valence-corrected chi connectivity index (χ1v) is 14.5. The molecule has 2 heterocycles. The van der Waals surface area contributed by atoms with Gasteiger partial charge in [0.15, 0.2) is 0 Å². The SMILES string of the molecule is c1ccc(-c2ccc3oc4ccc(-c5ccccc5-c5cnc6c7ccccc7c7ccccc7c6n5)cc4c3c2)cc1. The van der Waals surface area contributed by atoms with E-state index in [4.69, 9.17) is 14.4 Å². The van der Waals surface area contributed by atoms with Gasteiger partial charge in [-0.2, -0.15) is 0 Å². The van der Waals surface area contributed by atoms with E-state index in [1.807, 2.05) is 12.3 Å². The van der Waals surface area contributed by atoms with Gasteiger partial charge in [0.05, 0.1) is 22.9 Å². The molecule has 0 unspecified atom stereocenters. The Hall–Kier alpha value is -5.80. The molecule has 0 atom stereocenters. The average Bonchev–Trinajstić information content (AvgIpc) is 3.46. The van der Waals surface area contributed by atoms with Crippen molar-refractivity contribution in [2.24, 2.45) is 0 Å². The minimum absolute atomic E-state index is 0.854. The molecule has 2 aromatic heterocycles. The minimum atomic E-state index is 0.854. The molecule has 43 heavy (non-hydrogen) atoms. The molecule has 0 saturated carbocycles. The maximum atomic E-state index is 6.25. The molecule has 9 rings (SSSR count). The molecule has 0 aliphatic rings. The predicted molar refractivity (Wildman–Crippen MR) is 178 cm³/mol. The van der Waals surface area contributed by atoms with E-state index in [0.29, 0.717) is 0 Å². The summed E-state index contributed by atoms with van der Waals surface area (Å²) in [7, 11) is 0. The highest BCUT2D eigenvalue weighted by atomic mass is 16.3. The molecule has 3 nitrogen and oxygen atoms in total. The van der Waals surface area contributed by atoms with Crippen molar-refractivity contribution in [3.8, 4) is 33.5 Å². The summed E-state index contributed by atoms with van der Waals surface area (Å²) in [5, 5.41) is 6.84. The van der Waals surface area contributed by atoms with Crippen LogP contribution in [-0.4, -0.2) is 9.97 Å². The summed E-state index contributed by atoms with van der Waals surface area (Å²) < 4.78 is 6.25. The molecule has 9 aromatic rings. The molecule has 0 aliphatic carbocycles. The summed E-state index contributed by atoms with van der Waals surface area (Å²) >= 11 is 0. The number of nitrogens with zero attached hydrogens (tertiary/aromatic N) is 2. The lowest BCUT2D eigenvalue weighted by Gasteiger charge is -2.13. The second kappa shape index (κ2) is 9.37. The monoisotopic (exact) mass is 548 g/mol. The molecule has 0 bridgehead atoms. The Bertz CT molecular complexity index is 2470. The Kier molecular flexibility index (Phi) is 5.20. The minimum Gasteiger partial charge on any atom is -0.456 e. The van der Waals surface area contributed by atoms with Crippen LogP contribution in [0.2, 0.25) is 0 Å². The molecule has 0 saturated heterocycles. The van der Waals surface area contributed by atoms with Crippen molar-refractivity contribution in [2.45, 2.75) is 0 Å². The smallest absolute Gasteiger partial charge is 0.135 e. The van der Waals surface area contributed by atoms with Crippen LogP contribution >= 0.6 is 0 Å². The highest BCUT2D eigenvalue weighted by Gasteiger charge is 2.16. The highest BCUT2D eigenvalue weighted by Crippen LogP contribution is 2.39. The van der Waals surface area contributed by atoms with E-state index in [0.717, 1.165) is 66.1 Å². The molecule has 0 spiro atoms. The van der Waals surface area contributed by atoms with E-state index in [1.165, 1.54) is 21.9 Å². The van der Waals surface area contributed by atoms with Crippen molar-refractivity contribution in [3.05, 3.63) is 146 Å². The number of fused-ring (bicyclic) bond motifs is 9. The molecule has 0 radical (unpaired) electrons. The van der Waals surface area contributed by atoms with Gasteiger partial charge in [0.2, 0.25) is 0 Å². The van der Waals surface area contributed by atoms with Gasteiger partial charge >= 0.3 is 0 Å². The molecule has 7 aromatic carbocycles. The lowest BCUT2D eigenvalue weighted by molar-refractivity contribution is 0.669. The van der Waals surface area contributed by atoms with Gasteiger partial charge in [-0.05, 0) is 57.3 Å². The van der Waals surface area contributed by atoms with Crippen LogP contribution in [-0.2, 0) is 0 Å². The molecular weight excluding hydrogens is 524 g/mol. The van der Waals surface area contributed by atoms with Crippen molar-refractivity contribution < 1.29 is 4.42 Å². The van der Waals surface area contributed by atoms with E-state index in [9.17, 15) is 0 Å². The first-order valence-electron chi connectivity index (χ1n) is 14.5. The zero-order valence-corrected chi connectivity index (χ0v) is 23.2. The van der Waals surface area contributed by atoms with Crippen LogP contribution in [0.1, 0.15) is 0 Å². The van der Waals surface area contributed by atoms with Gasteiger partial charge in [0.1, 0.15) is 11.2 Å². The molecule has 0 aliphatic heterocycles. The fourth-order valence-corrected chi connectivity index (χ4v) is 6.47. The Morgan fingerprint density at radius 2 is 0.953 bits per heavy atom. The van der Waals surface area contributed by atoms with Crippen molar-refractivity contribution in [1.29, 1.82) is 0 Å². The number of aromatic nitrogens is 2. The summed E-state index contributed by atoms with van der Waals surface area (Å²) in [6.07, 6.45) is 1.92. The quantitative estimate of drug-likeness (QED) is 0.206. The second-order valence-corrected chi connectivity index (χ2v) is 11.0. The normalized spacial score (nSPS) is 11.7. The molecule has 3 heteroatoms. The third-order valence-electron chi connectivity index (χ3n) is 8.52. The molecule has 0 fully saturated rings. The summed E-state index contributed by atoms with van der Waals surface area (Å²) in [5.41, 5.74) is 10.1. The molecule has 0 N–H and O–H groups in total. The zero-order chi connectivity index (χ0) is 28.3. The Labute approximate surface area is 247 Å². The number of rotatable bonds is 3.